The van der Waals surface area contributed by atoms with Crippen LogP contribution in [0.4, 0.5) is 8.78 Å². The van der Waals surface area contributed by atoms with E-state index in [0.717, 1.165) is 32.1 Å². The minimum absolute atomic E-state index is 0.0570. The van der Waals surface area contributed by atoms with Gasteiger partial charge in [0.2, 0.25) is 0 Å². The fraction of sp³-hybridized carbons (Fsp3) is 0.429. The maximum atomic E-state index is 13.9. The summed E-state index contributed by atoms with van der Waals surface area (Å²) in [5.41, 5.74) is 1.71. The van der Waals surface area contributed by atoms with E-state index in [0.29, 0.717) is 11.5 Å². The van der Waals surface area contributed by atoms with Gasteiger partial charge in [-0.15, -0.1) is 0 Å². The third-order valence-electron chi connectivity index (χ3n) is 5.18. The number of rotatable bonds is 5. The molecule has 0 spiro atoms. The molecule has 0 amide bonds. The van der Waals surface area contributed by atoms with Gasteiger partial charge in [-0.1, -0.05) is 42.8 Å². The SMILES string of the molecule is Fc1cccc(F)c1[C@H]1CC[C@@H](CCCc2ccccc2)CC1. The van der Waals surface area contributed by atoms with Crippen LogP contribution in [0, 0.1) is 17.6 Å². The Kier molecular flexibility index (Phi) is 5.43. The average molecular weight is 314 g/mol. The van der Waals surface area contributed by atoms with Crippen molar-refractivity contribution < 1.29 is 8.78 Å². The molecule has 2 aromatic carbocycles. The molecule has 0 aromatic heterocycles. The zero-order valence-electron chi connectivity index (χ0n) is 13.5. The Morgan fingerprint density at radius 1 is 0.783 bits per heavy atom. The van der Waals surface area contributed by atoms with Crippen molar-refractivity contribution in [1.29, 1.82) is 0 Å². The third kappa shape index (κ3) is 4.19. The Labute approximate surface area is 137 Å². The summed E-state index contributed by atoms with van der Waals surface area (Å²) in [7, 11) is 0. The topological polar surface area (TPSA) is 0 Å². The van der Waals surface area contributed by atoms with Crippen LogP contribution in [0.25, 0.3) is 0 Å². The molecule has 0 N–H and O–H groups in total. The highest BCUT2D eigenvalue weighted by atomic mass is 19.1. The molecule has 0 nitrogen and oxygen atoms in total. The second-order valence-corrected chi connectivity index (χ2v) is 6.73. The molecule has 0 bridgehead atoms. The predicted octanol–water partition coefficient (Wildman–Crippen LogP) is 6.26. The Morgan fingerprint density at radius 2 is 1.43 bits per heavy atom. The predicted molar refractivity (Wildman–Crippen MR) is 90.4 cm³/mol. The molecule has 2 heteroatoms. The van der Waals surface area contributed by atoms with Crippen molar-refractivity contribution in [3.05, 3.63) is 71.3 Å². The van der Waals surface area contributed by atoms with Crippen molar-refractivity contribution in [3.8, 4) is 0 Å². The van der Waals surface area contributed by atoms with Gasteiger partial charge in [-0.05, 0) is 68.1 Å². The van der Waals surface area contributed by atoms with Gasteiger partial charge in [-0.3, -0.25) is 0 Å². The normalized spacial score (nSPS) is 21.3. The summed E-state index contributed by atoms with van der Waals surface area (Å²) in [4.78, 5) is 0. The van der Waals surface area contributed by atoms with E-state index in [9.17, 15) is 8.78 Å². The number of hydrogen-bond donors (Lipinski definition) is 0. The monoisotopic (exact) mass is 314 g/mol. The summed E-state index contributed by atoms with van der Waals surface area (Å²) in [6.07, 6.45) is 7.56. The maximum absolute atomic E-state index is 13.9. The van der Waals surface area contributed by atoms with Crippen LogP contribution >= 0.6 is 0 Å². The number of benzene rings is 2. The molecule has 0 heterocycles. The zero-order valence-corrected chi connectivity index (χ0v) is 13.5. The average Bonchev–Trinajstić information content (AvgIpc) is 2.57. The maximum Gasteiger partial charge on any atom is 0.129 e. The highest BCUT2D eigenvalue weighted by Crippen LogP contribution is 2.39. The van der Waals surface area contributed by atoms with Crippen molar-refractivity contribution in [2.45, 2.75) is 50.9 Å². The van der Waals surface area contributed by atoms with Crippen LogP contribution in [0.2, 0.25) is 0 Å². The van der Waals surface area contributed by atoms with Gasteiger partial charge in [0.15, 0.2) is 0 Å². The molecule has 0 radical (unpaired) electrons. The molecule has 0 atom stereocenters. The van der Waals surface area contributed by atoms with Gasteiger partial charge in [0.05, 0.1) is 0 Å². The van der Waals surface area contributed by atoms with Crippen molar-refractivity contribution in [2.75, 3.05) is 0 Å². The van der Waals surface area contributed by atoms with Gasteiger partial charge in [0.1, 0.15) is 11.6 Å². The van der Waals surface area contributed by atoms with E-state index in [2.05, 4.69) is 24.3 Å². The van der Waals surface area contributed by atoms with Crippen LogP contribution in [-0.2, 0) is 6.42 Å². The van der Waals surface area contributed by atoms with E-state index in [1.54, 1.807) is 0 Å². The summed E-state index contributed by atoms with van der Waals surface area (Å²) < 4.78 is 27.8. The Morgan fingerprint density at radius 3 is 2.09 bits per heavy atom. The van der Waals surface area contributed by atoms with Crippen LogP contribution in [0.15, 0.2) is 48.5 Å². The summed E-state index contributed by atoms with van der Waals surface area (Å²) in [6, 6.07) is 14.8. The molecule has 23 heavy (non-hydrogen) atoms. The molecule has 3 rings (SSSR count). The summed E-state index contributed by atoms with van der Waals surface area (Å²) in [5.74, 6) is 0.0152. The van der Waals surface area contributed by atoms with Gasteiger partial charge >= 0.3 is 0 Å². The first-order chi connectivity index (χ1) is 11.2. The summed E-state index contributed by atoms with van der Waals surface area (Å²) >= 11 is 0. The summed E-state index contributed by atoms with van der Waals surface area (Å²) in [5, 5.41) is 0. The van der Waals surface area contributed by atoms with Crippen molar-refractivity contribution in [1.82, 2.24) is 0 Å². The fourth-order valence-corrected chi connectivity index (χ4v) is 3.88. The van der Waals surface area contributed by atoms with E-state index in [1.165, 1.54) is 36.6 Å². The van der Waals surface area contributed by atoms with Crippen LogP contribution in [0.5, 0.6) is 0 Å². The lowest BCUT2D eigenvalue weighted by Gasteiger charge is -2.29. The lowest BCUT2D eigenvalue weighted by atomic mass is 9.76. The first kappa shape index (κ1) is 16.2. The van der Waals surface area contributed by atoms with E-state index in [4.69, 9.17) is 0 Å². The van der Waals surface area contributed by atoms with Crippen molar-refractivity contribution >= 4 is 0 Å². The molecule has 0 aliphatic heterocycles. The van der Waals surface area contributed by atoms with E-state index in [-0.39, 0.29) is 17.6 Å². The molecule has 2 aromatic rings. The molecule has 0 saturated heterocycles. The van der Waals surface area contributed by atoms with Crippen LogP contribution in [-0.4, -0.2) is 0 Å². The standard InChI is InChI=1S/C21H24F2/c22-19-10-5-11-20(23)21(19)18-14-12-17(13-15-18)9-4-8-16-6-2-1-3-7-16/h1-3,5-7,10-11,17-18H,4,8-9,12-15H2/t17-,18+. The highest BCUT2D eigenvalue weighted by Gasteiger charge is 2.26. The highest BCUT2D eigenvalue weighted by molar-refractivity contribution is 5.24. The van der Waals surface area contributed by atoms with Crippen LogP contribution < -0.4 is 0 Å². The van der Waals surface area contributed by atoms with Crippen molar-refractivity contribution in [3.63, 3.8) is 0 Å². The molecule has 122 valence electrons. The third-order valence-corrected chi connectivity index (χ3v) is 5.18. The van der Waals surface area contributed by atoms with Gasteiger partial charge in [-0.25, -0.2) is 8.78 Å². The molecule has 1 aliphatic rings. The van der Waals surface area contributed by atoms with Gasteiger partial charge < -0.3 is 0 Å². The number of hydrogen-bond acceptors (Lipinski definition) is 0. The van der Waals surface area contributed by atoms with E-state index in [1.807, 2.05) is 6.07 Å². The van der Waals surface area contributed by atoms with Gasteiger partial charge in [0, 0.05) is 5.56 Å². The lowest BCUT2D eigenvalue weighted by molar-refractivity contribution is 0.297. The molecular formula is C21H24F2. The molecule has 0 unspecified atom stereocenters. The fourth-order valence-electron chi connectivity index (χ4n) is 3.88. The largest absolute Gasteiger partial charge is 0.207 e. The van der Waals surface area contributed by atoms with Crippen LogP contribution in [0.1, 0.15) is 55.6 Å². The molecule has 1 aliphatic carbocycles. The Bertz CT molecular complexity index is 593. The summed E-state index contributed by atoms with van der Waals surface area (Å²) in [6.45, 7) is 0. The van der Waals surface area contributed by atoms with E-state index < -0.39 is 0 Å². The van der Waals surface area contributed by atoms with Crippen molar-refractivity contribution in [2.24, 2.45) is 5.92 Å². The van der Waals surface area contributed by atoms with Crippen LogP contribution in [0.3, 0.4) is 0 Å². The quantitative estimate of drug-likeness (QED) is 0.611. The first-order valence-electron chi connectivity index (χ1n) is 8.72. The van der Waals surface area contributed by atoms with Gasteiger partial charge in [-0.2, -0.15) is 0 Å². The lowest BCUT2D eigenvalue weighted by Crippen LogP contribution is -2.15. The minimum atomic E-state index is -0.377. The van der Waals surface area contributed by atoms with E-state index >= 15 is 0 Å². The minimum Gasteiger partial charge on any atom is -0.207 e. The molecular weight excluding hydrogens is 290 g/mol. The second kappa shape index (κ2) is 7.72. The molecule has 1 saturated carbocycles. The molecule has 1 fully saturated rings. The smallest absolute Gasteiger partial charge is 0.129 e. The Balaban J connectivity index is 1.47. The number of halogens is 2. The zero-order chi connectivity index (χ0) is 16.1. The Hall–Kier alpha value is -1.70. The van der Waals surface area contributed by atoms with Gasteiger partial charge in [0.25, 0.3) is 0 Å². The second-order valence-electron chi connectivity index (χ2n) is 6.73. The first-order valence-corrected chi connectivity index (χ1v) is 8.72. The number of aryl methyl sites for hydroxylation is 1.